The molecule has 1 amide bonds. The number of carboxylic acid groups (broad SMARTS) is 1. The molecule has 2 aromatic rings. The number of ether oxygens (including phenoxy) is 1. The minimum absolute atomic E-state index is 0.0613. The molecule has 2 aromatic carbocycles. The highest BCUT2D eigenvalue weighted by molar-refractivity contribution is 5.80. The maximum Gasteiger partial charge on any atom is 0.305 e. The highest BCUT2D eigenvalue weighted by Crippen LogP contribution is 2.21. The maximum absolute atomic E-state index is 12.3. The van der Waals surface area contributed by atoms with Gasteiger partial charge in [-0.05, 0) is 37.1 Å². The van der Waals surface area contributed by atoms with E-state index in [2.05, 4.69) is 5.32 Å². The van der Waals surface area contributed by atoms with Crippen LogP contribution < -0.4 is 10.1 Å². The van der Waals surface area contributed by atoms with Crippen LogP contribution >= 0.6 is 0 Å². The molecule has 0 fully saturated rings. The Bertz CT molecular complexity index is 695. The highest BCUT2D eigenvalue weighted by Gasteiger charge is 2.18. The monoisotopic (exact) mass is 341 g/mol. The number of carbonyl (C=O) groups excluding carboxylic acids is 1. The van der Waals surface area contributed by atoms with Crippen LogP contribution in [0.3, 0.4) is 0 Å². The molecule has 0 aromatic heterocycles. The summed E-state index contributed by atoms with van der Waals surface area (Å²) in [6.45, 7) is 3.87. The van der Waals surface area contributed by atoms with E-state index in [9.17, 15) is 9.59 Å². The van der Waals surface area contributed by atoms with E-state index in [1.165, 1.54) is 0 Å². The molecule has 0 saturated heterocycles. The molecule has 0 aliphatic carbocycles. The summed E-state index contributed by atoms with van der Waals surface area (Å²) in [5.74, 6) is -0.462. The molecule has 0 heterocycles. The molecule has 2 rings (SSSR count). The van der Waals surface area contributed by atoms with E-state index in [1.54, 1.807) is 24.3 Å². The van der Waals surface area contributed by atoms with E-state index >= 15 is 0 Å². The van der Waals surface area contributed by atoms with Gasteiger partial charge in [0.1, 0.15) is 5.75 Å². The fraction of sp³-hybridized carbons (Fsp3) is 0.300. The molecule has 0 saturated carbocycles. The molecule has 2 N–H and O–H groups in total. The second kappa shape index (κ2) is 8.87. The van der Waals surface area contributed by atoms with E-state index in [0.29, 0.717) is 5.75 Å². The third-order valence-corrected chi connectivity index (χ3v) is 3.58. The molecule has 5 nitrogen and oxygen atoms in total. The Labute approximate surface area is 147 Å². The van der Waals surface area contributed by atoms with Crippen molar-refractivity contribution in [3.05, 3.63) is 65.7 Å². The van der Waals surface area contributed by atoms with Crippen molar-refractivity contribution in [2.24, 2.45) is 0 Å². The van der Waals surface area contributed by atoms with Gasteiger partial charge < -0.3 is 15.2 Å². The lowest BCUT2D eigenvalue weighted by molar-refractivity contribution is -0.137. The number of nitrogens with one attached hydrogen (secondary N) is 1. The van der Waals surface area contributed by atoms with E-state index in [4.69, 9.17) is 9.84 Å². The zero-order chi connectivity index (χ0) is 18.2. The number of rotatable bonds is 8. The van der Waals surface area contributed by atoms with Gasteiger partial charge in [0.05, 0.1) is 25.0 Å². The molecule has 0 bridgehead atoms. The number of benzene rings is 2. The lowest BCUT2D eigenvalue weighted by Gasteiger charge is -2.18. The SMILES string of the molecule is CC(C)Oc1ccc([C@H](CC(=O)O)NC(=O)Cc2ccccc2)cc1. The highest BCUT2D eigenvalue weighted by atomic mass is 16.5. The van der Waals surface area contributed by atoms with Crippen LogP contribution in [0.1, 0.15) is 37.4 Å². The predicted molar refractivity (Wildman–Crippen MR) is 95.5 cm³/mol. The Kier molecular flexibility index (Phi) is 6.57. The summed E-state index contributed by atoms with van der Waals surface area (Å²) >= 11 is 0. The summed E-state index contributed by atoms with van der Waals surface area (Å²) in [5.41, 5.74) is 1.62. The van der Waals surface area contributed by atoms with E-state index in [0.717, 1.165) is 11.1 Å². The number of carboxylic acids is 1. The van der Waals surface area contributed by atoms with Gasteiger partial charge in [-0.3, -0.25) is 9.59 Å². The normalized spacial score (nSPS) is 11.8. The molecule has 0 radical (unpaired) electrons. The van der Waals surface area contributed by atoms with Crippen LogP contribution in [0.15, 0.2) is 54.6 Å². The predicted octanol–water partition coefficient (Wildman–Crippen LogP) is 3.35. The Morgan fingerprint density at radius 3 is 2.24 bits per heavy atom. The van der Waals surface area contributed by atoms with Gasteiger partial charge in [-0.25, -0.2) is 0 Å². The first-order chi connectivity index (χ1) is 11.9. The quantitative estimate of drug-likeness (QED) is 0.772. The van der Waals surface area contributed by atoms with Gasteiger partial charge in [-0.2, -0.15) is 0 Å². The molecular formula is C20H23NO4. The van der Waals surface area contributed by atoms with Crippen molar-refractivity contribution >= 4 is 11.9 Å². The van der Waals surface area contributed by atoms with Gasteiger partial charge in [0.25, 0.3) is 0 Å². The number of hydrogen-bond donors (Lipinski definition) is 2. The standard InChI is InChI=1S/C20H23NO4/c1-14(2)25-17-10-8-16(9-11-17)18(13-20(23)24)21-19(22)12-15-6-4-3-5-7-15/h3-11,14,18H,12-13H2,1-2H3,(H,21,22)(H,23,24)/t18-/m0/s1. The summed E-state index contributed by atoms with van der Waals surface area (Å²) in [6.07, 6.45) is 0.0994. The maximum atomic E-state index is 12.3. The molecular weight excluding hydrogens is 318 g/mol. The fourth-order valence-corrected chi connectivity index (χ4v) is 2.50. The van der Waals surface area contributed by atoms with Crippen LogP contribution in [0, 0.1) is 0 Å². The van der Waals surface area contributed by atoms with Crippen molar-refractivity contribution in [2.75, 3.05) is 0 Å². The van der Waals surface area contributed by atoms with Crippen LogP contribution in [-0.2, 0) is 16.0 Å². The topological polar surface area (TPSA) is 75.6 Å². The third kappa shape index (κ3) is 6.30. The first-order valence-electron chi connectivity index (χ1n) is 8.25. The Hall–Kier alpha value is -2.82. The molecule has 0 spiro atoms. The van der Waals surface area contributed by atoms with Crippen LogP contribution in [-0.4, -0.2) is 23.1 Å². The lowest BCUT2D eigenvalue weighted by atomic mass is 10.0. The van der Waals surface area contributed by atoms with Gasteiger partial charge in [0.15, 0.2) is 0 Å². The zero-order valence-corrected chi connectivity index (χ0v) is 14.4. The van der Waals surface area contributed by atoms with Crippen LogP contribution in [0.2, 0.25) is 0 Å². The number of hydrogen-bond acceptors (Lipinski definition) is 3. The van der Waals surface area contributed by atoms with Crippen molar-refractivity contribution in [3.8, 4) is 5.75 Å². The van der Waals surface area contributed by atoms with E-state index < -0.39 is 12.0 Å². The van der Waals surface area contributed by atoms with Gasteiger partial charge >= 0.3 is 5.97 Å². The molecule has 5 heteroatoms. The van der Waals surface area contributed by atoms with Crippen molar-refractivity contribution in [2.45, 2.75) is 38.8 Å². The number of aliphatic carboxylic acids is 1. The van der Waals surface area contributed by atoms with Crippen LogP contribution in [0.25, 0.3) is 0 Å². The first kappa shape index (κ1) is 18.5. The van der Waals surface area contributed by atoms with Crippen molar-refractivity contribution in [3.63, 3.8) is 0 Å². The summed E-state index contributed by atoms with van der Waals surface area (Å²) in [5, 5.41) is 12.0. The smallest absolute Gasteiger partial charge is 0.305 e. The summed E-state index contributed by atoms with van der Waals surface area (Å²) in [6, 6.07) is 15.9. The average molecular weight is 341 g/mol. The lowest BCUT2D eigenvalue weighted by Crippen LogP contribution is -2.31. The number of amides is 1. The van der Waals surface area contributed by atoms with E-state index in [1.807, 2.05) is 44.2 Å². The fourth-order valence-electron chi connectivity index (χ4n) is 2.50. The van der Waals surface area contributed by atoms with Gasteiger partial charge in [0.2, 0.25) is 5.91 Å². The van der Waals surface area contributed by atoms with Crippen molar-refractivity contribution in [1.82, 2.24) is 5.32 Å². The Morgan fingerprint density at radius 1 is 1.04 bits per heavy atom. The molecule has 0 unspecified atom stereocenters. The summed E-state index contributed by atoms with van der Waals surface area (Å²) in [7, 11) is 0. The van der Waals surface area contributed by atoms with Gasteiger partial charge in [-0.1, -0.05) is 42.5 Å². The van der Waals surface area contributed by atoms with E-state index in [-0.39, 0.29) is 24.9 Å². The zero-order valence-electron chi connectivity index (χ0n) is 14.4. The second-order valence-corrected chi connectivity index (χ2v) is 6.12. The minimum atomic E-state index is -0.965. The van der Waals surface area contributed by atoms with Crippen LogP contribution in [0.5, 0.6) is 5.75 Å². The molecule has 0 aliphatic rings. The Balaban J connectivity index is 2.07. The van der Waals surface area contributed by atoms with Gasteiger partial charge in [0, 0.05) is 0 Å². The Morgan fingerprint density at radius 2 is 1.68 bits per heavy atom. The van der Waals surface area contributed by atoms with Gasteiger partial charge in [-0.15, -0.1) is 0 Å². The molecule has 1 atom stereocenters. The molecule has 25 heavy (non-hydrogen) atoms. The summed E-state index contributed by atoms with van der Waals surface area (Å²) < 4.78 is 5.59. The number of carbonyl (C=O) groups is 2. The second-order valence-electron chi connectivity index (χ2n) is 6.12. The molecule has 0 aliphatic heterocycles. The van der Waals surface area contributed by atoms with Crippen molar-refractivity contribution in [1.29, 1.82) is 0 Å². The van der Waals surface area contributed by atoms with Crippen molar-refractivity contribution < 1.29 is 19.4 Å². The molecule has 132 valence electrons. The third-order valence-electron chi connectivity index (χ3n) is 3.58. The first-order valence-corrected chi connectivity index (χ1v) is 8.25. The largest absolute Gasteiger partial charge is 0.491 e. The van der Waals surface area contributed by atoms with Crippen LogP contribution in [0.4, 0.5) is 0 Å². The summed E-state index contributed by atoms with van der Waals surface area (Å²) in [4.78, 5) is 23.4. The minimum Gasteiger partial charge on any atom is -0.491 e. The average Bonchev–Trinajstić information content (AvgIpc) is 2.55.